The molecule has 0 aliphatic carbocycles. The Labute approximate surface area is 176 Å². The molecule has 0 saturated carbocycles. The number of piperazine rings is 1. The van der Waals surface area contributed by atoms with E-state index in [2.05, 4.69) is 11.8 Å². The van der Waals surface area contributed by atoms with Gasteiger partial charge in [-0.05, 0) is 24.6 Å². The number of hydrogen-bond acceptors (Lipinski definition) is 4. The molecule has 1 amide bonds. The van der Waals surface area contributed by atoms with Crippen LogP contribution >= 0.6 is 0 Å². The number of carbonyl (C=O) groups is 1. The van der Waals surface area contributed by atoms with Crippen LogP contribution in [0.1, 0.15) is 37.7 Å². The third kappa shape index (κ3) is 4.00. The summed E-state index contributed by atoms with van der Waals surface area (Å²) in [7, 11) is 0. The highest BCUT2D eigenvalue weighted by molar-refractivity contribution is 5.77. The number of benzene rings is 2. The van der Waals surface area contributed by atoms with Gasteiger partial charge in [-0.3, -0.25) is 19.1 Å². The summed E-state index contributed by atoms with van der Waals surface area (Å²) in [5, 5.41) is 0.641. The number of carbonyl (C=O) groups excluding carboxylic acids is 1. The van der Waals surface area contributed by atoms with Crippen molar-refractivity contribution >= 4 is 16.8 Å². The van der Waals surface area contributed by atoms with Crippen molar-refractivity contribution in [3.05, 3.63) is 76.3 Å². The molecule has 156 valence electrons. The fourth-order valence-electron chi connectivity index (χ4n) is 4.17. The number of hydrogen-bond donors (Lipinski definition) is 0. The molecule has 1 fully saturated rings. The predicted molar refractivity (Wildman–Crippen MR) is 118 cm³/mol. The van der Waals surface area contributed by atoms with E-state index in [1.165, 1.54) is 0 Å². The molecular formula is C24H28N4O2. The molecule has 4 rings (SSSR count). The molecule has 30 heavy (non-hydrogen) atoms. The van der Waals surface area contributed by atoms with Crippen LogP contribution in [0.3, 0.4) is 0 Å². The van der Waals surface area contributed by atoms with Gasteiger partial charge in [-0.2, -0.15) is 0 Å². The van der Waals surface area contributed by atoms with Crippen molar-refractivity contribution in [1.29, 1.82) is 0 Å². The number of fused-ring (bicyclic) bond motifs is 1. The molecule has 0 N–H and O–H groups in total. The van der Waals surface area contributed by atoms with Crippen LogP contribution in [0.4, 0.5) is 0 Å². The van der Waals surface area contributed by atoms with Crippen LogP contribution in [-0.2, 0) is 11.3 Å². The minimum Gasteiger partial charge on any atom is -0.340 e. The number of aromatic nitrogens is 2. The monoisotopic (exact) mass is 404 g/mol. The molecule has 1 saturated heterocycles. The van der Waals surface area contributed by atoms with Crippen LogP contribution in [0.2, 0.25) is 0 Å². The largest absolute Gasteiger partial charge is 0.340 e. The lowest BCUT2D eigenvalue weighted by Crippen LogP contribution is -2.49. The maximum absolute atomic E-state index is 13.4. The highest BCUT2D eigenvalue weighted by Gasteiger charge is 2.27. The van der Waals surface area contributed by atoms with E-state index >= 15 is 0 Å². The van der Waals surface area contributed by atoms with Gasteiger partial charge in [-0.1, -0.05) is 49.4 Å². The Morgan fingerprint density at radius 1 is 1.00 bits per heavy atom. The lowest BCUT2D eigenvalue weighted by molar-refractivity contribution is -0.132. The fourth-order valence-corrected chi connectivity index (χ4v) is 4.17. The molecule has 2 heterocycles. The summed E-state index contributed by atoms with van der Waals surface area (Å²) in [5.74, 6) is 0.977. The van der Waals surface area contributed by atoms with Crippen LogP contribution in [0.25, 0.3) is 10.9 Å². The lowest BCUT2D eigenvalue weighted by atomic mass is 10.1. The SMILES string of the molecule is CCC(=O)N1CCN(C(C)c2nc3ccccc3c(=O)n2Cc2ccccc2)CC1. The first-order valence-electron chi connectivity index (χ1n) is 10.6. The van der Waals surface area contributed by atoms with Gasteiger partial charge in [-0.15, -0.1) is 0 Å². The van der Waals surface area contributed by atoms with E-state index in [1.54, 1.807) is 0 Å². The fraction of sp³-hybridized carbons (Fsp3) is 0.375. The van der Waals surface area contributed by atoms with Crippen molar-refractivity contribution in [2.75, 3.05) is 26.2 Å². The second kappa shape index (κ2) is 8.79. The van der Waals surface area contributed by atoms with Gasteiger partial charge in [0.25, 0.3) is 5.56 Å². The second-order valence-electron chi connectivity index (χ2n) is 7.81. The summed E-state index contributed by atoms with van der Waals surface area (Å²) in [5.41, 5.74) is 1.79. The van der Waals surface area contributed by atoms with E-state index in [-0.39, 0.29) is 17.5 Å². The first-order chi connectivity index (χ1) is 14.6. The van der Waals surface area contributed by atoms with E-state index in [4.69, 9.17) is 4.98 Å². The van der Waals surface area contributed by atoms with Crippen molar-refractivity contribution in [2.45, 2.75) is 32.9 Å². The van der Waals surface area contributed by atoms with Crippen LogP contribution in [-0.4, -0.2) is 51.4 Å². The zero-order chi connectivity index (χ0) is 21.1. The van der Waals surface area contributed by atoms with E-state index in [0.29, 0.717) is 31.4 Å². The quantitative estimate of drug-likeness (QED) is 0.656. The lowest BCUT2D eigenvalue weighted by Gasteiger charge is -2.38. The smallest absolute Gasteiger partial charge is 0.261 e. The van der Waals surface area contributed by atoms with Crippen LogP contribution in [0, 0.1) is 0 Å². The van der Waals surface area contributed by atoms with Gasteiger partial charge < -0.3 is 4.90 Å². The molecule has 0 bridgehead atoms. The third-order valence-electron chi connectivity index (χ3n) is 5.97. The Morgan fingerprint density at radius 3 is 2.37 bits per heavy atom. The topological polar surface area (TPSA) is 58.4 Å². The van der Waals surface area contributed by atoms with Crippen molar-refractivity contribution in [3.63, 3.8) is 0 Å². The zero-order valence-electron chi connectivity index (χ0n) is 17.6. The second-order valence-corrected chi connectivity index (χ2v) is 7.81. The van der Waals surface area contributed by atoms with Crippen molar-refractivity contribution in [1.82, 2.24) is 19.4 Å². The molecule has 1 aliphatic rings. The Kier molecular flexibility index (Phi) is 5.95. The first-order valence-corrected chi connectivity index (χ1v) is 10.6. The van der Waals surface area contributed by atoms with Gasteiger partial charge in [0.1, 0.15) is 5.82 Å². The van der Waals surface area contributed by atoms with Gasteiger partial charge >= 0.3 is 0 Å². The van der Waals surface area contributed by atoms with E-state index in [1.807, 2.05) is 71.0 Å². The highest BCUT2D eigenvalue weighted by Crippen LogP contribution is 2.22. The molecule has 0 radical (unpaired) electrons. The minimum absolute atomic E-state index is 0.00824. The first kappa shape index (κ1) is 20.3. The third-order valence-corrected chi connectivity index (χ3v) is 5.97. The summed E-state index contributed by atoms with van der Waals surface area (Å²) in [6.07, 6.45) is 0.540. The summed E-state index contributed by atoms with van der Waals surface area (Å²) in [6.45, 7) is 7.49. The Bertz CT molecular complexity index is 1090. The zero-order valence-corrected chi connectivity index (χ0v) is 17.6. The minimum atomic E-state index is -0.0232. The molecule has 6 heteroatoms. The summed E-state index contributed by atoms with van der Waals surface area (Å²) < 4.78 is 1.81. The van der Waals surface area contributed by atoms with E-state index < -0.39 is 0 Å². The molecule has 6 nitrogen and oxygen atoms in total. The maximum atomic E-state index is 13.4. The van der Waals surface area contributed by atoms with Crippen molar-refractivity contribution in [3.8, 4) is 0 Å². The van der Waals surface area contributed by atoms with Gasteiger partial charge in [-0.25, -0.2) is 4.98 Å². The Morgan fingerprint density at radius 2 is 1.67 bits per heavy atom. The van der Waals surface area contributed by atoms with Crippen molar-refractivity contribution in [2.24, 2.45) is 0 Å². The average molecular weight is 405 g/mol. The summed E-state index contributed by atoms with van der Waals surface area (Å²) in [4.78, 5) is 34.5. The van der Waals surface area contributed by atoms with Crippen LogP contribution < -0.4 is 5.56 Å². The summed E-state index contributed by atoms with van der Waals surface area (Å²) >= 11 is 0. The molecule has 2 aromatic carbocycles. The number of para-hydroxylation sites is 1. The Balaban J connectivity index is 1.69. The molecule has 1 unspecified atom stereocenters. The van der Waals surface area contributed by atoms with E-state index in [9.17, 15) is 9.59 Å². The molecule has 1 atom stereocenters. The van der Waals surface area contributed by atoms with Crippen LogP contribution in [0.15, 0.2) is 59.4 Å². The molecule has 0 spiro atoms. The van der Waals surface area contributed by atoms with Gasteiger partial charge in [0.05, 0.1) is 23.5 Å². The predicted octanol–water partition coefficient (Wildman–Crippen LogP) is 3.06. The van der Waals surface area contributed by atoms with Crippen molar-refractivity contribution < 1.29 is 4.79 Å². The highest BCUT2D eigenvalue weighted by atomic mass is 16.2. The van der Waals surface area contributed by atoms with Gasteiger partial charge in [0.2, 0.25) is 5.91 Å². The van der Waals surface area contributed by atoms with Gasteiger partial charge in [0.15, 0.2) is 0 Å². The molecule has 3 aromatic rings. The number of nitrogens with zero attached hydrogens (tertiary/aromatic N) is 4. The van der Waals surface area contributed by atoms with Gasteiger partial charge in [0, 0.05) is 32.6 Å². The average Bonchev–Trinajstić information content (AvgIpc) is 2.80. The van der Waals surface area contributed by atoms with Crippen LogP contribution in [0.5, 0.6) is 0 Å². The Hall–Kier alpha value is -2.99. The number of rotatable bonds is 5. The molecule has 1 aliphatic heterocycles. The normalized spacial score (nSPS) is 16.0. The molecular weight excluding hydrogens is 376 g/mol. The summed E-state index contributed by atoms with van der Waals surface area (Å²) in [6, 6.07) is 17.5. The maximum Gasteiger partial charge on any atom is 0.261 e. The van der Waals surface area contributed by atoms with E-state index in [0.717, 1.165) is 30.0 Å². The standard InChI is InChI=1S/C24H28N4O2/c1-3-22(29)27-15-13-26(14-16-27)18(2)23-25-21-12-8-7-11-20(21)24(30)28(23)17-19-9-5-4-6-10-19/h4-12,18H,3,13-17H2,1-2H3. The number of amides is 1. The molecule has 1 aromatic heterocycles.